The molecule has 0 saturated carbocycles. The van der Waals surface area contributed by atoms with Crippen LogP contribution in [0.5, 0.6) is 0 Å². The summed E-state index contributed by atoms with van der Waals surface area (Å²) in [5, 5.41) is 3.45. The molecule has 0 atom stereocenters. The zero-order chi connectivity index (χ0) is 18.9. The number of rotatable bonds is 6. The molecule has 1 heterocycles. The number of carbonyl (C=O) groups is 1. The number of likely N-dealkylation sites (tertiary alicyclic amines) is 1. The van der Waals surface area contributed by atoms with Crippen LogP contribution < -0.4 is 5.32 Å². The Hall–Kier alpha value is -2.08. The van der Waals surface area contributed by atoms with Crippen molar-refractivity contribution in [2.45, 2.75) is 32.3 Å². The van der Waals surface area contributed by atoms with Gasteiger partial charge in [0.15, 0.2) is 5.96 Å². The number of nitrogens with one attached hydrogen (secondary N) is 1. The Morgan fingerprint density at radius 2 is 2.08 bits per heavy atom. The van der Waals surface area contributed by atoms with Crippen molar-refractivity contribution in [2.75, 3.05) is 47.4 Å². The standard InChI is InChI=1S/C20H32N4O2/c1-5-26-18-10-13-24(14-11-18)20(21-2)22-12-9-16-7-6-8-17(15-16)19(25)23(3)4/h6-8,15,18H,5,9-14H2,1-4H3,(H,21,22). The molecule has 144 valence electrons. The fraction of sp³-hybridized carbons (Fsp3) is 0.600. The summed E-state index contributed by atoms with van der Waals surface area (Å²) >= 11 is 0. The number of amides is 1. The van der Waals surface area contributed by atoms with E-state index < -0.39 is 0 Å². The molecule has 6 nitrogen and oxygen atoms in total. The summed E-state index contributed by atoms with van der Waals surface area (Å²) in [6.45, 7) is 5.56. The van der Waals surface area contributed by atoms with E-state index in [-0.39, 0.29) is 5.91 Å². The number of benzene rings is 1. The molecular formula is C20H32N4O2. The number of hydrogen-bond donors (Lipinski definition) is 1. The van der Waals surface area contributed by atoms with Crippen LogP contribution in [0.25, 0.3) is 0 Å². The minimum atomic E-state index is 0.0350. The first-order chi connectivity index (χ1) is 12.5. The molecule has 1 aliphatic rings. The van der Waals surface area contributed by atoms with E-state index in [1.54, 1.807) is 19.0 Å². The minimum absolute atomic E-state index is 0.0350. The topological polar surface area (TPSA) is 57.2 Å². The number of ether oxygens (including phenoxy) is 1. The van der Waals surface area contributed by atoms with Gasteiger partial charge in [0.1, 0.15) is 0 Å². The molecule has 0 aliphatic carbocycles. The predicted molar refractivity (Wildman–Crippen MR) is 106 cm³/mol. The molecule has 6 heteroatoms. The lowest BCUT2D eigenvalue weighted by Crippen LogP contribution is -2.47. The van der Waals surface area contributed by atoms with E-state index in [9.17, 15) is 4.79 Å². The number of piperidine rings is 1. The SMILES string of the molecule is CCOC1CCN(C(=NC)NCCc2cccc(C(=O)N(C)C)c2)CC1. The third-order valence-corrected chi connectivity index (χ3v) is 4.63. The van der Waals surface area contributed by atoms with Crippen molar-refractivity contribution in [3.63, 3.8) is 0 Å². The third-order valence-electron chi connectivity index (χ3n) is 4.63. The quantitative estimate of drug-likeness (QED) is 0.623. The highest BCUT2D eigenvalue weighted by molar-refractivity contribution is 5.94. The average molecular weight is 361 g/mol. The van der Waals surface area contributed by atoms with Crippen LogP contribution in [-0.4, -0.2) is 75.2 Å². The van der Waals surface area contributed by atoms with Crippen LogP contribution in [0, 0.1) is 0 Å². The van der Waals surface area contributed by atoms with E-state index in [1.165, 1.54) is 0 Å². The maximum absolute atomic E-state index is 12.1. The molecule has 1 amide bonds. The number of aliphatic imine (C=N–C) groups is 1. The number of hydrogen-bond acceptors (Lipinski definition) is 3. The van der Waals surface area contributed by atoms with Gasteiger partial charge in [0.25, 0.3) is 5.91 Å². The van der Waals surface area contributed by atoms with Gasteiger partial charge in [0.05, 0.1) is 6.10 Å². The molecule has 0 radical (unpaired) electrons. The Bertz CT molecular complexity index is 608. The third kappa shape index (κ3) is 5.73. The normalized spacial score (nSPS) is 15.8. The highest BCUT2D eigenvalue weighted by atomic mass is 16.5. The van der Waals surface area contributed by atoms with E-state index in [2.05, 4.69) is 21.3 Å². The Morgan fingerprint density at radius 1 is 1.35 bits per heavy atom. The maximum atomic E-state index is 12.1. The molecule has 1 aromatic rings. The largest absolute Gasteiger partial charge is 0.378 e. The Balaban J connectivity index is 1.83. The lowest BCUT2D eigenvalue weighted by molar-refractivity contribution is 0.0264. The monoisotopic (exact) mass is 360 g/mol. The van der Waals surface area contributed by atoms with Crippen molar-refractivity contribution < 1.29 is 9.53 Å². The second-order valence-electron chi connectivity index (χ2n) is 6.77. The van der Waals surface area contributed by atoms with Crippen LogP contribution in [0.1, 0.15) is 35.7 Å². The minimum Gasteiger partial charge on any atom is -0.378 e. The summed E-state index contributed by atoms with van der Waals surface area (Å²) in [5.74, 6) is 0.980. The van der Waals surface area contributed by atoms with E-state index in [1.807, 2.05) is 32.2 Å². The Morgan fingerprint density at radius 3 is 2.69 bits per heavy atom. The van der Waals surface area contributed by atoms with Crippen LogP contribution in [-0.2, 0) is 11.2 Å². The van der Waals surface area contributed by atoms with Gasteiger partial charge in [-0.3, -0.25) is 9.79 Å². The van der Waals surface area contributed by atoms with E-state index in [4.69, 9.17) is 4.74 Å². The zero-order valence-corrected chi connectivity index (χ0v) is 16.5. The van der Waals surface area contributed by atoms with Crippen molar-refractivity contribution in [1.82, 2.24) is 15.1 Å². The fourth-order valence-corrected chi connectivity index (χ4v) is 3.24. The van der Waals surface area contributed by atoms with E-state index in [0.29, 0.717) is 6.10 Å². The summed E-state index contributed by atoms with van der Waals surface area (Å²) in [5.41, 5.74) is 1.88. The molecule has 1 N–H and O–H groups in total. The average Bonchev–Trinajstić information content (AvgIpc) is 2.66. The van der Waals surface area contributed by atoms with Gasteiger partial charge in [0.2, 0.25) is 0 Å². The molecule has 0 unspecified atom stereocenters. The van der Waals surface area contributed by atoms with E-state index >= 15 is 0 Å². The van der Waals surface area contributed by atoms with Crippen molar-refractivity contribution in [3.8, 4) is 0 Å². The van der Waals surface area contributed by atoms with Gasteiger partial charge < -0.3 is 19.9 Å². The summed E-state index contributed by atoms with van der Waals surface area (Å²) in [6, 6.07) is 7.84. The van der Waals surface area contributed by atoms with Gasteiger partial charge in [-0.25, -0.2) is 0 Å². The first kappa shape index (κ1) is 20.2. The number of carbonyl (C=O) groups excluding carboxylic acids is 1. The molecule has 1 saturated heterocycles. The highest BCUT2D eigenvalue weighted by Crippen LogP contribution is 2.14. The Labute approximate surface area is 157 Å². The van der Waals surface area contributed by atoms with Crippen LogP contribution in [0.2, 0.25) is 0 Å². The first-order valence-corrected chi connectivity index (χ1v) is 9.43. The van der Waals surface area contributed by atoms with Gasteiger partial charge >= 0.3 is 0 Å². The maximum Gasteiger partial charge on any atom is 0.253 e. The summed E-state index contributed by atoms with van der Waals surface area (Å²) in [4.78, 5) is 20.4. The van der Waals surface area contributed by atoms with Gasteiger partial charge in [-0.15, -0.1) is 0 Å². The molecule has 0 bridgehead atoms. The number of guanidine groups is 1. The molecule has 1 aliphatic heterocycles. The molecule has 0 aromatic heterocycles. The smallest absolute Gasteiger partial charge is 0.253 e. The molecule has 1 fully saturated rings. The van der Waals surface area contributed by atoms with Crippen LogP contribution in [0.4, 0.5) is 0 Å². The highest BCUT2D eigenvalue weighted by Gasteiger charge is 2.21. The molecular weight excluding hydrogens is 328 g/mol. The second kappa shape index (κ2) is 10.2. The van der Waals surface area contributed by atoms with Crippen molar-refractivity contribution in [3.05, 3.63) is 35.4 Å². The first-order valence-electron chi connectivity index (χ1n) is 9.43. The van der Waals surface area contributed by atoms with Crippen molar-refractivity contribution >= 4 is 11.9 Å². The fourth-order valence-electron chi connectivity index (χ4n) is 3.24. The van der Waals surface area contributed by atoms with Crippen molar-refractivity contribution in [1.29, 1.82) is 0 Å². The second-order valence-corrected chi connectivity index (χ2v) is 6.77. The predicted octanol–water partition coefficient (Wildman–Crippen LogP) is 2.01. The molecule has 2 rings (SSSR count). The van der Waals surface area contributed by atoms with Crippen molar-refractivity contribution in [2.24, 2.45) is 4.99 Å². The van der Waals surface area contributed by atoms with E-state index in [0.717, 1.165) is 62.6 Å². The van der Waals surface area contributed by atoms with Crippen LogP contribution >= 0.6 is 0 Å². The van der Waals surface area contributed by atoms with Crippen LogP contribution in [0.15, 0.2) is 29.3 Å². The Kier molecular flexibility index (Phi) is 7.91. The molecule has 26 heavy (non-hydrogen) atoms. The molecule has 0 spiro atoms. The van der Waals surface area contributed by atoms with Gasteiger partial charge in [0, 0.05) is 52.9 Å². The lowest BCUT2D eigenvalue weighted by Gasteiger charge is -2.34. The summed E-state index contributed by atoms with van der Waals surface area (Å²) < 4.78 is 5.71. The zero-order valence-electron chi connectivity index (χ0n) is 16.5. The van der Waals surface area contributed by atoms with Crippen LogP contribution in [0.3, 0.4) is 0 Å². The summed E-state index contributed by atoms with van der Waals surface area (Å²) in [6.07, 6.45) is 3.32. The van der Waals surface area contributed by atoms with Gasteiger partial charge in [-0.2, -0.15) is 0 Å². The molecule has 1 aromatic carbocycles. The summed E-state index contributed by atoms with van der Waals surface area (Å²) in [7, 11) is 5.37. The number of nitrogens with zero attached hydrogens (tertiary/aromatic N) is 3. The van der Waals surface area contributed by atoms with Gasteiger partial charge in [-0.05, 0) is 43.9 Å². The van der Waals surface area contributed by atoms with Gasteiger partial charge in [-0.1, -0.05) is 12.1 Å². The lowest BCUT2D eigenvalue weighted by atomic mass is 10.1.